The van der Waals surface area contributed by atoms with Gasteiger partial charge in [-0.05, 0) is 80.3 Å². The van der Waals surface area contributed by atoms with E-state index in [0.29, 0.717) is 57.5 Å². The van der Waals surface area contributed by atoms with Crippen LogP contribution < -0.4 is 11.1 Å². The number of piperidine rings is 4. The zero-order chi connectivity index (χ0) is 34.4. The highest BCUT2D eigenvalue weighted by Crippen LogP contribution is 2.39. The third-order valence-corrected chi connectivity index (χ3v) is 12.5. The molecular weight excluding hydrogens is 679 g/mol. The molecule has 2 bridgehead atoms. The molecule has 0 saturated carbocycles. The Morgan fingerprint density at radius 1 is 1.00 bits per heavy atom. The highest BCUT2D eigenvalue weighted by molar-refractivity contribution is 7.14. The second-order valence-electron chi connectivity index (χ2n) is 14.2. The zero-order valence-corrected chi connectivity index (χ0v) is 29.0. The number of hydrogen-bond acceptors (Lipinski definition) is 7. The summed E-state index contributed by atoms with van der Waals surface area (Å²) in [5.41, 5.74) is 5.38. The number of alkyl halides is 3. The number of thiophene rings is 1. The summed E-state index contributed by atoms with van der Waals surface area (Å²) in [4.78, 5) is 51.0. The van der Waals surface area contributed by atoms with Crippen LogP contribution in [-0.2, 0) is 28.7 Å². The second-order valence-corrected chi connectivity index (χ2v) is 15.5. The summed E-state index contributed by atoms with van der Waals surface area (Å²) in [5, 5.41) is 5.55. The maximum atomic E-state index is 14.1. The summed E-state index contributed by atoms with van der Waals surface area (Å²) in [7, 11) is 0. The summed E-state index contributed by atoms with van der Waals surface area (Å²) in [5.74, 6) is -0.630. The molecule has 1 unspecified atom stereocenters. The lowest BCUT2D eigenvalue weighted by Gasteiger charge is -2.51. The van der Waals surface area contributed by atoms with Gasteiger partial charge in [0.05, 0.1) is 28.7 Å². The standard InChI is InChI=1S/C34H43ClF3N7O3S/c35-27-17-21(16-26(30(27)39)34(36,37)38)15-24(32(47)44-12-10-42(11-13-44)28-20-41-6-1-22(28)2-7-41)18-29(46)43-8-3-25(4-9-43)45-19-23-5-14-49-31(23)40-33(45)48/h5,14,16-17,22,24-25,28H,1-4,6-13,15,18-20,39H2,(H,40,48)/t24-,28?/m0/s1. The summed E-state index contributed by atoms with van der Waals surface area (Å²) >= 11 is 7.65. The lowest BCUT2D eigenvalue weighted by atomic mass is 9.83. The largest absolute Gasteiger partial charge is 0.418 e. The van der Waals surface area contributed by atoms with Crippen molar-refractivity contribution < 1.29 is 27.6 Å². The smallest absolute Gasteiger partial charge is 0.397 e. The van der Waals surface area contributed by atoms with Gasteiger partial charge in [0.25, 0.3) is 0 Å². The molecule has 3 N–H and O–H groups in total. The maximum absolute atomic E-state index is 14.1. The van der Waals surface area contributed by atoms with E-state index in [1.165, 1.54) is 30.2 Å². The Balaban J connectivity index is 1.03. The number of halogens is 4. The van der Waals surface area contributed by atoms with E-state index >= 15 is 0 Å². The second kappa shape index (κ2) is 13.9. The molecule has 15 heteroatoms. The summed E-state index contributed by atoms with van der Waals surface area (Å²) in [6.45, 7) is 7.24. The number of nitrogens with two attached hydrogens (primary N) is 1. The highest BCUT2D eigenvalue weighted by Gasteiger charge is 2.41. The molecule has 8 rings (SSSR count). The molecule has 0 spiro atoms. The van der Waals surface area contributed by atoms with Crippen molar-refractivity contribution in [1.82, 2.24) is 24.5 Å². The van der Waals surface area contributed by atoms with Crippen LogP contribution in [0, 0.1) is 11.8 Å². The van der Waals surface area contributed by atoms with Crippen molar-refractivity contribution in [1.29, 1.82) is 0 Å². The molecule has 1 aromatic heterocycles. The first kappa shape index (κ1) is 34.4. The van der Waals surface area contributed by atoms with Crippen LogP contribution in [-0.4, -0.2) is 113 Å². The van der Waals surface area contributed by atoms with E-state index in [0.717, 1.165) is 49.4 Å². The van der Waals surface area contributed by atoms with Gasteiger partial charge in [0, 0.05) is 69.9 Å². The highest BCUT2D eigenvalue weighted by atomic mass is 35.5. The van der Waals surface area contributed by atoms with Gasteiger partial charge in [0.1, 0.15) is 5.00 Å². The molecule has 6 aliphatic rings. The molecule has 6 aliphatic heterocycles. The van der Waals surface area contributed by atoms with E-state index in [9.17, 15) is 27.6 Å². The van der Waals surface area contributed by atoms with Crippen molar-refractivity contribution in [3.63, 3.8) is 0 Å². The third-order valence-electron chi connectivity index (χ3n) is 11.3. The van der Waals surface area contributed by atoms with Gasteiger partial charge in [-0.2, -0.15) is 13.2 Å². The van der Waals surface area contributed by atoms with Crippen molar-refractivity contribution in [2.75, 3.05) is 70.0 Å². The van der Waals surface area contributed by atoms with Crippen molar-refractivity contribution in [2.45, 2.75) is 63.3 Å². The van der Waals surface area contributed by atoms with Crippen molar-refractivity contribution in [2.24, 2.45) is 11.8 Å². The molecule has 2 atom stereocenters. The number of piperazine rings is 1. The molecule has 266 valence electrons. The number of carbonyl (C=O) groups is 3. The number of benzene rings is 1. The number of nitrogen functional groups attached to an aromatic ring is 1. The fourth-order valence-electron chi connectivity index (χ4n) is 8.49. The number of nitrogens with zero attached hydrogens (tertiary/aromatic N) is 5. The Morgan fingerprint density at radius 3 is 2.37 bits per heavy atom. The fourth-order valence-corrected chi connectivity index (χ4v) is 9.53. The first-order chi connectivity index (χ1) is 23.4. The molecule has 10 nitrogen and oxygen atoms in total. The van der Waals surface area contributed by atoms with Gasteiger partial charge in [-0.1, -0.05) is 11.6 Å². The predicted molar refractivity (Wildman–Crippen MR) is 182 cm³/mol. The Labute approximate surface area is 293 Å². The monoisotopic (exact) mass is 721 g/mol. The molecule has 2 aromatic rings. The molecule has 0 radical (unpaired) electrons. The first-order valence-electron chi connectivity index (χ1n) is 17.3. The SMILES string of the molecule is Nc1c(Cl)cc(C[C@@H](CC(=O)N2CCC(N3Cc4ccsc4NC3=O)CC2)C(=O)N2CCN(C3CN4CCC3CC4)CC2)cc1C(F)(F)F. The predicted octanol–water partition coefficient (Wildman–Crippen LogP) is 4.83. The van der Waals surface area contributed by atoms with Crippen LogP contribution in [0.1, 0.15) is 48.8 Å². The number of urea groups is 1. The van der Waals surface area contributed by atoms with Crippen LogP contribution in [0.2, 0.25) is 5.02 Å². The van der Waals surface area contributed by atoms with Crippen LogP contribution in [0.3, 0.4) is 0 Å². The number of amides is 4. The molecule has 0 aliphatic carbocycles. The molecule has 1 aromatic carbocycles. The first-order valence-corrected chi connectivity index (χ1v) is 18.5. The number of likely N-dealkylation sites (tertiary alicyclic amines) is 1. The van der Waals surface area contributed by atoms with E-state index in [1.807, 2.05) is 16.3 Å². The Bertz CT molecular complexity index is 1570. The van der Waals surface area contributed by atoms with Gasteiger partial charge in [-0.15, -0.1) is 11.3 Å². The minimum absolute atomic E-state index is 0.0280. The van der Waals surface area contributed by atoms with Gasteiger partial charge in [-0.25, -0.2) is 4.79 Å². The lowest BCUT2D eigenvalue weighted by Crippen LogP contribution is -2.61. The molecule has 7 heterocycles. The number of rotatable bonds is 7. The molecule has 5 saturated heterocycles. The molecule has 5 fully saturated rings. The van der Waals surface area contributed by atoms with Crippen LogP contribution in [0.5, 0.6) is 0 Å². The lowest BCUT2D eigenvalue weighted by molar-refractivity contribution is -0.143. The Hall–Kier alpha value is -3.07. The van der Waals surface area contributed by atoms with E-state index in [4.69, 9.17) is 17.3 Å². The summed E-state index contributed by atoms with van der Waals surface area (Å²) in [6, 6.07) is 4.65. The van der Waals surface area contributed by atoms with Gasteiger partial charge >= 0.3 is 12.2 Å². The number of anilines is 2. The number of hydrogen-bond donors (Lipinski definition) is 2. The van der Waals surface area contributed by atoms with Crippen LogP contribution in [0.15, 0.2) is 23.6 Å². The topological polar surface area (TPSA) is 105 Å². The fraction of sp³-hybridized carbons (Fsp3) is 0.618. The van der Waals surface area contributed by atoms with Crippen LogP contribution >= 0.6 is 22.9 Å². The van der Waals surface area contributed by atoms with E-state index < -0.39 is 23.3 Å². The third kappa shape index (κ3) is 7.24. The van der Waals surface area contributed by atoms with Crippen molar-refractivity contribution in [3.8, 4) is 0 Å². The molecule has 4 amide bonds. The number of fused-ring (bicyclic) bond motifs is 4. The average Bonchev–Trinajstić information content (AvgIpc) is 3.56. The van der Waals surface area contributed by atoms with Crippen molar-refractivity contribution in [3.05, 3.63) is 45.3 Å². The van der Waals surface area contributed by atoms with E-state index in [2.05, 4.69) is 15.1 Å². The minimum Gasteiger partial charge on any atom is -0.397 e. The van der Waals surface area contributed by atoms with E-state index in [1.54, 1.807) is 9.80 Å². The van der Waals surface area contributed by atoms with Gasteiger partial charge in [0.2, 0.25) is 11.8 Å². The normalized spacial score (nSPS) is 25.7. The number of nitrogens with one attached hydrogen (secondary N) is 1. The average molecular weight is 722 g/mol. The van der Waals surface area contributed by atoms with Crippen molar-refractivity contribution >= 4 is 51.5 Å². The quantitative estimate of drug-likeness (QED) is 0.398. The number of carbonyl (C=O) groups excluding carboxylic acids is 3. The molecular formula is C34H43ClF3N7O3S. The van der Waals surface area contributed by atoms with Crippen LogP contribution in [0.25, 0.3) is 0 Å². The summed E-state index contributed by atoms with van der Waals surface area (Å²) in [6.07, 6.45) is -1.31. The van der Waals surface area contributed by atoms with E-state index in [-0.39, 0.29) is 47.3 Å². The Morgan fingerprint density at radius 2 is 1.71 bits per heavy atom. The maximum Gasteiger partial charge on any atom is 0.418 e. The zero-order valence-electron chi connectivity index (χ0n) is 27.4. The minimum atomic E-state index is -4.72. The summed E-state index contributed by atoms with van der Waals surface area (Å²) < 4.78 is 41.5. The van der Waals surface area contributed by atoms with Gasteiger partial charge in [0.15, 0.2) is 0 Å². The van der Waals surface area contributed by atoms with Crippen LogP contribution in [0.4, 0.5) is 28.7 Å². The van der Waals surface area contributed by atoms with Gasteiger partial charge < -0.3 is 25.3 Å². The Kier molecular flexibility index (Phi) is 9.77. The molecule has 49 heavy (non-hydrogen) atoms. The van der Waals surface area contributed by atoms with Gasteiger partial charge in [-0.3, -0.25) is 19.8 Å².